The minimum atomic E-state index is -3.74. The molecule has 0 atom stereocenters. The van der Waals surface area contributed by atoms with E-state index in [9.17, 15) is 26.3 Å². The number of rotatable bonds is 10. The maximum atomic E-state index is 15.2. The van der Waals surface area contributed by atoms with Crippen LogP contribution >= 0.6 is 0 Å². The van der Waals surface area contributed by atoms with E-state index >= 15 is 8.78 Å². The monoisotopic (exact) mass is 626 g/mol. The first-order valence-corrected chi connectivity index (χ1v) is 14.2. The topological polar surface area (TPSA) is 9.23 Å². The summed E-state index contributed by atoms with van der Waals surface area (Å²) in [6.45, 7) is 2.07. The molecular weight excluding hydrogens is 600 g/mol. The molecule has 5 aromatic rings. The number of hydrogen-bond acceptors (Lipinski definition) is 1. The highest BCUT2D eigenvalue weighted by molar-refractivity contribution is 5.75. The number of aryl methyl sites for hydroxylation is 1. The van der Waals surface area contributed by atoms with Gasteiger partial charge in [-0.2, -0.15) is 8.78 Å². The number of hydrogen-bond donors (Lipinski definition) is 0. The largest absolute Gasteiger partial charge is 0.429 e. The van der Waals surface area contributed by atoms with Crippen LogP contribution in [0.25, 0.3) is 33.4 Å². The Morgan fingerprint density at radius 1 is 0.533 bits per heavy atom. The van der Waals surface area contributed by atoms with Crippen molar-refractivity contribution in [3.05, 3.63) is 137 Å². The summed E-state index contributed by atoms with van der Waals surface area (Å²) >= 11 is 0. The molecule has 0 spiro atoms. The van der Waals surface area contributed by atoms with Gasteiger partial charge in [0.1, 0.15) is 29.0 Å². The molecule has 1 nitrogen and oxygen atoms in total. The minimum Gasteiger partial charge on any atom is -0.429 e. The second-order valence-corrected chi connectivity index (χ2v) is 10.6. The van der Waals surface area contributed by atoms with E-state index < -0.39 is 57.9 Å². The van der Waals surface area contributed by atoms with Gasteiger partial charge in [-0.15, -0.1) is 0 Å². The zero-order valence-electron chi connectivity index (χ0n) is 23.9. The number of alkyl halides is 2. The SMILES string of the molecule is CCCCCc1ccc(C(F)(F)Oc2ccc(-c3ccc(-c4cc(F)c(-c5ccc(F)c(F)c5)c(F)c4)c(F)c3)c(F)c2)cc1. The molecule has 0 N–H and O–H groups in total. The Morgan fingerprint density at radius 3 is 1.73 bits per heavy atom. The number of unbranched alkanes of at least 4 members (excludes halogenated alkanes) is 2. The van der Waals surface area contributed by atoms with Gasteiger partial charge in [-0.3, -0.25) is 0 Å². The zero-order chi connectivity index (χ0) is 32.3. The Balaban J connectivity index is 1.34. The average Bonchev–Trinajstić information content (AvgIpc) is 2.99. The summed E-state index contributed by atoms with van der Waals surface area (Å²) in [5.74, 6) is -7.11. The van der Waals surface area contributed by atoms with Gasteiger partial charge in [-0.25, -0.2) is 26.3 Å². The summed E-state index contributed by atoms with van der Waals surface area (Å²) in [4.78, 5) is 0. The van der Waals surface area contributed by atoms with Crippen LogP contribution in [-0.4, -0.2) is 0 Å². The molecule has 45 heavy (non-hydrogen) atoms. The van der Waals surface area contributed by atoms with Gasteiger partial charge in [0.05, 0.1) is 11.1 Å². The van der Waals surface area contributed by atoms with Gasteiger partial charge >= 0.3 is 6.11 Å². The lowest BCUT2D eigenvalue weighted by Gasteiger charge is -2.19. The van der Waals surface area contributed by atoms with Crippen molar-refractivity contribution >= 4 is 0 Å². The Labute approximate surface area is 254 Å². The number of benzene rings is 5. The third-order valence-corrected chi connectivity index (χ3v) is 7.39. The van der Waals surface area contributed by atoms with Crippen molar-refractivity contribution in [2.24, 2.45) is 0 Å². The van der Waals surface area contributed by atoms with Crippen molar-refractivity contribution in [1.29, 1.82) is 0 Å². The highest BCUT2D eigenvalue weighted by atomic mass is 19.3. The fourth-order valence-corrected chi connectivity index (χ4v) is 5.02. The van der Waals surface area contributed by atoms with Crippen molar-refractivity contribution in [2.45, 2.75) is 38.7 Å². The molecule has 0 saturated heterocycles. The molecule has 0 bridgehead atoms. The maximum Gasteiger partial charge on any atom is 0.426 e. The Bertz CT molecular complexity index is 1810. The second-order valence-electron chi connectivity index (χ2n) is 10.6. The van der Waals surface area contributed by atoms with E-state index in [0.717, 1.165) is 79.8 Å². The smallest absolute Gasteiger partial charge is 0.426 e. The summed E-state index contributed by atoms with van der Waals surface area (Å²) in [5, 5.41) is 0. The summed E-state index contributed by atoms with van der Waals surface area (Å²) in [6, 6.07) is 16.3. The highest BCUT2D eigenvalue weighted by Gasteiger charge is 2.34. The molecule has 9 heteroatoms. The first kappa shape index (κ1) is 31.8. The van der Waals surface area contributed by atoms with Crippen LogP contribution in [0.5, 0.6) is 5.75 Å². The van der Waals surface area contributed by atoms with Gasteiger partial charge in [0.2, 0.25) is 0 Å². The molecule has 0 aromatic heterocycles. The van der Waals surface area contributed by atoms with Crippen molar-refractivity contribution in [1.82, 2.24) is 0 Å². The van der Waals surface area contributed by atoms with Gasteiger partial charge in [0, 0.05) is 17.2 Å². The van der Waals surface area contributed by atoms with Crippen molar-refractivity contribution in [3.8, 4) is 39.1 Å². The number of ether oxygens (including phenoxy) is 1. The Kier molecular flexibility index (Phi) is 9.27. The van der Waals surface area contributed by atoms with E-state index in [1.54, 1.807) is 12.1 Å². The van der Waals surface area contributed by atoms with E-state index in [0.29, 0.717) is 6.07 Å². The standard InChI is InChI=1S/C36H26F8O/c1-2-3-4-5-21-6-10-25(11-7-21)36(43,44)45-26-12-14-27(31(39)20-26)22-8-13-28(30(38)16-22)24-18-33(41)35(34(42)19-24)23-9-15-29(37)32(40)17-23/h6-20H,2-5H2,1H3. The predicted octanol–water partition coefficient (Wildman–Crippen LogP) is 11.4. The van der Waals surface area contributed by atoms with Gasteiger partial charge < -0.3 is 4.74 Å². The second kappa shape index (κ2) is 13.1. The fourth-order valence-electron chi connectivity index (χ4n) is 5.02. The van der Waals surface area contributed by atoms with Crippen LogP contribution in [0.15, 0.2) is 91.0 Å². The first-order valence-electron chi connectivity index (χ1n) is 14.2. The molecule has 0 aliphatic rings. The summed E-state index contributed by atoms with van der Waals surface area (Å²) in [5.41, 5.74) is -0.846. The van der Waals surface area contributed by atoms with E-state index in [1.165, 1.54) is 24.3 Å². The fraction of sp³-hybridized carbons (Fsp3) is 0.167. The van der Waals surface area contributed by atoms with Crippen LogP contribution in [0.1, 0.15) is 37.3 Å². The molecule has 0 fully saturated rings. The molecule has 5 aromatic carbocycles. The summed E-state index contributed by atoms with van der Waals surface area (Å²) in [6.07, 6.45) is 0.0657. The molecular formula is C36H26F8O. The molecule has 0 aliphatic heterocycles. The first-order chi connectivity index (χ1) is 21.5. The van der Waals surface area contributed by atoms with Crippen molar-refractivity contribution < 1.29 is 39.9 Å². The third-order valence-electron chi connectivity index (χ3n) is 7.39. The Morgan fingerprint density at radius 2 is 1.11 bits per heavy atom. The van der Waals surface area contributed by atoms with E-state index in [4.69, 9.17) is 4.74 Å². The third kappa shape index (κ3) is 7.03. The van der Waals surface area contributed by atoms with Gasteiger partial charge in [0.25, 0.3) is 0 Å². The summed E-state index contributed by atoms with van der Waals surface area (Å²) < 4.78 is 121. The molecule has 0 heterocycles. The maximum absolute atomic E-state index is 15.2. The van der Waals surface area contributed by atoms with Gasteiger partial charge in [-0.1, -0.05) is 50.1 Å². The van der Waals surface area contributed by atoms with Crippen LogP contribution in [0.3, 0.4) is 0 Å². The van der Waals surface area contributed by atoms with Crippen LogP contribution < -0.4 is 4.74 Å². The lowest BCUT2D eigenvalue weighted by atomic mass is 9.96. The average molecular weight is 627 g/mol. The van der Waals surface area contributed by atoms with E-state index in [1.807, 2.05) is 0 Å². The quantitative estimate of drug-likeness (QED) is 0.111. The van der Waals surface area contributed by atoms with Gasteiger partial charge in [-0.05, 0) is 89.7 Å². The van der Waals surface area contributed by atoms with Crippen molar-refractivity contribution in [3.63, 3.8) is 0 Å². The van der Waals surface area contributed by atoms with Crippen LogP contribution in [0.2, 0.25) is 0 Å². The van der Waals surface area contributed by atoms with E-state index in [-0.39, 0.29) is 27.8 Å². The molecule has 0 saturated carbocycles. The molecule has 0 unspecified atom stereocenters. The van der Waals surface area contributed by atoms with Crippen molar-refractivity contribution in [2.75, 3.05) is 0 Å². The lowest BCUT2D eigenvalue weighted by molar-refractivity contribution is -0.185. The molecule has 0 aliphatic carbocycles. The highest BCUT2D eigenvalue weighted by Crippen LogP contribution is 2.37. The van der Waals surface area contributed by atoms with Crippen LogP contribution in [-0.2, 0) is 12.5 Å². The predicted molar refractivity (Wildman–Crippen MR) is 157 cm³/mol. The lowest BCUT2D eigenvalue weighted by Crippen LogP contribution is -2.22. The summed E-state index contributed by atoms with van der Waals surface area (Å²) in [7, 11) is 0. The molecule has 5 rings (SSSR count). The minimum absolute atomic E-state index is 0.0325. The van der Waals surface area contributed by atoms with Gasteiger partial charge in [0.15, 0.2) is 11.6 Å². The number of halogens is 8. The Hall–Kier alpha value is -4.66. The normalized spacial score (nSPS) is 11.6. The molecule has 0 amide bonds. The zero-order valence-corrected chi connectivity index (χ0v) is 23.9. The van der Waals surface area contributed by atoms with Crippen LogP contribution in [0, 0.1) is 34.9 Å². The molecule has 232 valence electrons. The van der Waals surface area contributed by atoms with Crippen LogP contribution in [0.4, 0.5) is 35.1 Å². The molecule has 0 radical (unpaired) electrons. The van der Waals surface area contributed by atoms with E-state index in [2.05, 4.69) is 6.92 Å².